The van der Waals surface area contributed by atoms with E-state index in [4.69, 9.17) is 0 Å². The van der Waals surface area contributed by atoms with Gasteiger partial charge in [0.2, 0.25) is 5.91 Å². The van der Waals surface area contributed by atoms with Crippen molar-refractivity contribution in [2.45, 2.75) is 33.1 Å². The van der Waals surface area contributed by atoms with Crippen molar-refractivity contribution >= 4 is 29.9 Å². The minimum Gasteiger partial charge on any atom is -0.339 e. The van der Waals surface area contributed by atoms with Crippen molar-refractivity contribution in [3.05, 3.63) is 29.8 Å². The maximum atomic E-state index is 12.5. The van der Waals surface area contributed by atoms with Crippen LogP contribution >= 0.6 is 12.4 Å². The number of anilines is 1. The van der Waals surface area contributed by atoms with Gasteiger partial charge in [0.15, 0.2) is 0 Å². The van der Waals surface area contributed by atoms with Crippen LogP contribution in [0.2, 0.25) is 0 Å². The fraction of sp³-hybridized carbons (Fsp3) is 0.579. The summed E-state index contributed by atoms with van der Waals surface area (Å²) in [6.45, 7) is 7.33. The van der Waals surface area contributed by atoms with E-state index in [1.807, 2.05) is 32.0 Å². The Bertz CT molecular complexity index is 625. The summed E-state index contributed by atoms with van der Waals surface area (Å²) in [5.41, 5.74) is 1.57. The zero-order chi connectivity index (χ0) is 17.2. The lowest BCUT2D eigenvalue weighted by Gasteiger charge is -2.23. The summed E-state index contributed by atoms with van der Waals surface area (Å²) < 4.78 is 0. The van der Waals surface area contributed by atoms with E-state index in [1.165, 1.54) is 0 Å². The highest BCUT2D eigenvalue weighted by Crippen LogP contribution is 2.58. The van der Waals surface area contributed by atoms with Gasteiger partial charge >= 0.3 is 0 Å². The molecule has 6 heteroatoms. The standard InChI is InChI=1S/C19H27N3O2.ClH/c1-3-22(4-2)18(24)14-6-5-7-15(12-14)21-17(23)16-13-19(16)8-10-20-11-9-19;/h5-7,12,16,20H,3-4,8-11,13H2,1-2H3,(H,21,23);1H. The number of carbonyl (C=O) groups excluding carboxylic acids is 2. The Balaban J connectivity index is 0.00000225. The lowest BCUT2D eigenvalue weighted by Crippen LogP contribution is -2.32. The summed E-state index contributed by atoms with van der Waals surface area (Å²) in [5, 5.41) is 6.37. The Morgan fingerprint density at radius 3 is 2.56 bits per heavy atom. The molecule has 0 radical (unpaired) electrons. The van der Waals surface area contributed by atoms with Gasteiger partial charge in [0, 0.05) is 30.3 Å². The van der Waals surface area contributed by atoms with Crippen molar-refractivity contribution in [1.29, 1.82) is 0 Å². The van der Waals surface area contributed by atoms with E-state index in [1.54, 1.807) is 11.0 Å². The molecule has 1 unspecified atom stereocenters. The zero-order valence-electron chi connectivity index (χ0n) is 15.0. The molecule has 2 aliphatic rings. The molecule has 0 aromatic heterocycles. The monoisotopic (exact) mass is 365 g/mol. The molecule has 0 bridgehead atoms. The summed E-state index contributed by atoms with van der Waals surface area (Å²) in [7, 11) is 0. The smallest absolute Gasteiger partial charge is 0.253 e. The average molecular weight is 366 g/mol. The predicted molar refractivity (Wildman–Crippen MR) is 102 cm³/mol. The van der Waals surface area contributed by atoms with Crippen LogP contribution in [-0.2, 0) is 4.79 Å². The molecule has 1 atom stereocenters. The normalized spacial score (nSPS) is 20.5. The van der Waals surface area contributed by atoms with E-state index >= 15 is 0 Å². The molecule has 1 heterocycles. The van der Waals surface area contributed by atoms with Crippen LogP contribution in [0.25, 0.3) is 0 Å². The average Bonchev–Trinajstić information content (AvgIpc) is 3.30. The quantitative estimate of drug-likeness (QED) is 0.843. The summed E-state index contributed by atoms with van der Waals surface area (Å²) in [4.78, 5) is 26.8. The van der Waals surface area contributed by atoms with Crippen molar-refractivity contribution in [3.63, 3.8) is 0 Å². The second kappa shape index (κ2) is 8.19. The SMILES string of the molecule is CCN(CC)C(=O)c1cccc(NC(=O)C2CC23CCNCC3)c1.Cl. The fourth-order valence-corrected chi connectivity index (χ4v) is 3.85. The number of nitrogens with one attached hydrogen (secondary N) is 2. The van der Waals surface area contributed by atoms with Gasteiger partial charge in [-0.2, -0.15) is 0 Å². The molecule has 138 valence electrons. The van der Waals surface area contributed by atoms with E-state index in [0.29, 0.717) is 24.3 Å². The van der Waals surface area contributed by atoms with Gasteiger partial charge in [0.1, 0.15) is 0 Å². The van der Waals surface area contributed by atoms with Crippen molar-refractivity contribution in [2.24, 2.45) is 11.3 Å². The van der Waals surface area contributed by atoms with Gasteiger partial charge in [-0.1, -0.05) is 6.07 Å². The molecular weight excluding hydrogens is 338 g/mol. The van der Waals surface area contributed by atoms with E-state index in [9.17, 15) is 9.59 Å². The zero-order valence-corrected chi connectivity index (χ0v) is 15.8. The largest absolute Gasteiger partial charge is 0.339 e. The number of hydrogen-bond acceptors (Lipinski definition) is 3. The van der Waals surface area contributed by atoms with Gasteiger partial charge in [0.05, 0.1) is 0 Å². The molecule has 1 aromatic carbocycles. The van der Waals surface area contributed by atoms with Crippen LogP contribution in [0, 0.1) is 11.3 Å². The number of piperidine rings is 1. The van der Waals surface area contributed by atoms with Crippen molar-refractivity contribution in [2.75, 3.05) is 31.5 Å². The number of hydrogen-bond donors (Lipinski definition) is 2. The van der Waals surface area contributed by atoms with Crippen LogP contribution in [0.15, 0.2) is 24.3 Å². The Morgan fingerprint density at radius 2 is 1.92 bits per heavy atom. The Morgan fingerprint density at radius 1 is 1.24 bits per heavy atom. The molecule has 1 aliphatic heterocycles. The van der Waals surface area contributed by atoms with Gasteiger partial charge in [-0.3, -0.25) is 9.59 Å². The summed E-state index contributed by atoms with van der Waals surface area (Å²) in [6.07, 6.45) is 3.18. The van der Waals surface area contributed by atoms with Crippen LogP contribution in [0.1, 0.15) is 43.5 Å². The molecule has 3 rings (SSSR count). The minimum absolute atomic E-state index is 0. The number of nitrogens with zero attached hydrogens (tertiary/aromatic N) is 1. The van der Waals surface area contributed by atoms with E-state index in [2.05, 4.69) is 10.6 Å². The minimum atomic E-state index is 0. The first-order valence-corrected chi connectivity index (χ1v) is 9.00. The molecule has 1 aromatic rings. The van der Waals surface area contributed by atoms with Gasteiger partial charge in [-0.25, -0.2) is 0 Å². The number of benzene rings is 1. The van der Waals surface area contributed by atoms with Crippen LogP contribution in [0.4, 0.5) is 5.69 Å². The molecule has 1 aliphatic carbocycles. The van der Waals surface area contributed by atoms with Crippen LogP contribution in [0.3, 0.4) is 0 Å². The fourth-order valence-electron chi connectivity index (χ4n) is 3.85. The molecular formula is C19H28ClN3O2. The maximum absolute atomic E-state index is 12.5. The van der Waals surface area contributed by atoms with E-state index < -0.39 is 0 Å². The summed E-state index contributed by atoms with van der Waals surface area (Å²) in [5.74, 6) is 0.239. The van der Waals surface area contributed by atoms with Crippen molar-refractivity contribution < 1.29 is 9.59 Å². The van der Waals surface area contributed by atoms with Crippen LogP contribution < -0.4 is 10.6 Å². The van der Waals surface area contributed by atoms with Crippen LogP contribution in [-0.4, -0.2) is 42.9 Å². The molecule has 1 spiro atoms. The molecule has 2 amide bonds. The van der Waals surface area contributed by atoms with Crippen LogP contribution in [0.5, 0.6) is 0 Å². The second-order valence-corrected chi connectivity index (χ2v) is 6.92. The summed E-state index contributed by atoms with van der Waals surface area (Å²) >= 11 is 0. The van der Waals surface area contributed by atoms with E-state index in [0.717, 1.165) is 32.4 Å². The first-order valence-electron chi connectivity index (χ1n) is 9.00. The van der Waals surface area contributed by atoms with Gasteiger partial charge in [0.25, 0.3) is 5.91 Å². The Kier molecular flexibility index (Phi) is 6.47. The topological polar surface area (TPSA) is 61.4 Å². The lowest BCUT2D eigenvalue weighted by molar-refractivity contribution is -0.118. The third-order valence-electron chi connectivity index (χ3n) is 5.53. The molecule has 1 saturated heterocycles. The number of rotatable bonds is 5. The first kappa shape index (κ1) is 19.7. The van der Waals surface area contributed by atoms with Gasteiger partial charge < -0.3 is 15.5 Å². The van der Waals surface area contributed by atoms with E-state index in [-0.39, 0.29) is 35.6 Å². The molecule has 2 fully saturated rings. The summed E-state index contributed by atoms with van der Waals surface area (Å²) in [6, 6.07) is 7.28. The third kappa shape index (κ3) is 4.15. The number of halogens is 1. The highest BCUT2D eigenvalue weighted by molar-refractivity contribution is 5.98. The van der Waals surface area contributed by atoms with Crippen molar-refractivity contribution in [3.8, 4) is 0 Å². The third-order valence-corrected chi connectivity index (χ3v) is 5.53. The predicted octanol–water partition coefficient (Wildman–Crippen LogP) is 2.92. The Hall–Kier alpha value is -1.59. The lowest BCUT2D eigenvalue weighted by atomic mass is 9.92. The Labute approximate surface area is 155 Å². The number of carbonyl (C=O) groups is 2. The van der Waals surface area contributed by atoms with Crippen molar-refractivity contribution in [1.82, 2.24) is 10.2 Å². The van der Waals surface area contributed by atoms with Gasteiger partial charge in [-0.05, 0) is 69.8 Å². The maximum Gasteiger partial charge on any atom is 0.253 e. The molecule has 2 N–H and O–H groups in total. The highest BCUT2D eigenvalue weighted by Gasteiger charge is 2.57. The number of amides is 2. The van der Waals surface area contributed by atoms with Gasteiger partial charge in [-0.15, -0.1) is 12.4 Å². The highest BCUT2D eigenvalue weighted by atomic mass is 35.5. The second-order valence-electron chi connectivity index (χ2n) is 6.92. The molecule has 25 heavy (non-hydrogen) atoms. The molecule has 5 nitrogen and oxygen atoms in total. The molecule has 1 saturated carbocycles. The first-order chi connectivity index (χ1) is 11.6.